The van der Waals surface area contributed by atoms with Gasteiger partial charge in [0, 0.05) is 25.2 Å². The number of hydrogen-bond donors (Lipinski definition) is 2. The molecule has 0 radical (unpaired) electrons. The van der Waals surface area contributed by atoms with E-state index in [1.54, 1.807) is 0 Å². The lowest BCUT2D eigenvalue weighted by atomic mass is 10.4. The Balaban J connectivity index is 2.93. The number of hydrogen-bond acceptors (Lipinski definition) is 4. The maximum Gasteiger partial charge on any atom is 0.0701 e. The fourth-order valence-corrected chi connectivity index (χ4v) is 1.16. The summed E-state index contributed by atoms with van der Waals surface area (Å²) in [5, 5.41) is 6.59. The monoisotopic (exact) mass is 232 g/mol. The van der Waals surface area contributed by atoms with Gasteiger partial charge in [-0.15, -0.1) is 0 Å². The van der Waals surface area contributed by atoms with Crippen molar-refractivity contribution in [2.24, 2.45) is 0 Å². The number of nitrogens with one attached hydrogen (secondary N) is 2. The zero-order chi connectivity index (χ0) is 12.2. The summed E-state index contributed by atoms with van der Waals surface area (Å²) in [4.78, 5) is 0. The van der Waals surface area contributed by atoms with Crippen LogP contribution in [0, 0.1) is 0 Å². The van der Waals surface area contributed by atoms with Crippen LogP contribution in [-0.2, 0) is 9.47 Å². The van der Waals surface area contributed by atoms with Crippen molar-refractivity contribution in [1.29, 1.82) is 0 Å². The molecule has 0 amide bonds. The molecule has 0 aliphatic carbocycles. The third-order valence-electron chi connectivity index (χ3n) is 1.97. The van der Waals surface area contributed by atoms with E-state index in [9.17, 15) is 0 Å². The highest BCUT2D eigenvalue weighted by Crippen LogP contribution is 1.81. The van der Waals surface area contributed by atoms with Crippen LogP contribution < -0.4 is 10.6 Å². The zero-order valence-electron chi connectivity index (χ0n) is 11.2. The van der Waals surface area contributed by atoms with Crippen molar-refractivity contribution in [3.05, 3.63) is 0 Å². The first-order valence-corrected chi connectivity index (χ1v) is 6.25. The molecule has 0 saturated heterocycles. The average Bonchev–Trinajstić information content (AvgIpc) is 2.20. The Hall–Kier alpha value is -0.160. The third-order valence-corrected chi connectivity index (χ3v) is 1.97. The highest BCUT2D eigenvalue weighted by molar-refractivity contribution is 4.52. The van der Waals surface area contributed by atoms with Crippen molar-refractivity contribution >= 4 is 0 Å². The van der Waals surface area contributed by atoms with E-state index in [-0.39, 0.29) is 0 Å². The molecule has 0 rings (SSSR count). The molecule has 2 N–H and O–H groups in total. The van der Waals surface area contributed by atoms with Gasteiger partial charge in [-0.3, -0.25) is 0 Å². The molecule has 0 aromatic heterocycles. The van der Waals surface area contributed by atoms with Crippen molar-refractivity contribution in [3.8, 4) is 0 Å². The van der Waals surface area contributed by atoms with Gasteiger partial charge in [0.1, 0.15) is 0 Å². The highest BCUT2D eigenvalue weighted by Gasteiger charge is 1.94. The van der Waals surface area contributed by atoms with E-state index in [0.717, 1.165) is 26.3 Å². The largest absolute Gasteiger partial charge is 0.378 e. The SMILES string of the molecule is CC(C)NCCOCCOCCNC(C)C. The summed E-state index contributed by atoms with van der Waals surface area (Å²) in [5.74, 6) is 0. The van der Waals surface area contributed by atoms with E-state index in [1.807, 2.05) is 0 Å². The van der Waals surface area contributed by atoms with Gasteiger partial charge >= 0.3 is 0 Å². The summed E-state index contributed by atoms with van der Waals surface area (Å²) in [6.07, 6.45) is 0. The molecule has 16 heavy (non-hydrogen) atoms. The van der Waals surface area contributed by atoms with Gasteiger partial charge in [-0.2, -0.15) is 0 Å². The molecular weight excluding hydrogens is 204 g/mol. The topological polar surface area (TPSA) is 42.5 Å². The molecule has 0 fully saturated rings. The summed E-state index contributed by atoms with van der Waals surface area (Å²) in [5.41, 5.74) is 0. The predicted octanol–water partition coefficient (Wildman–Crippen LogP) is 1.02. The van der Waals surface area contributed by atoms with E-state index in [2.05, 4.69) is 38.3 Å². The summed E-state index contributed by atoms with van der Waals surface area (Å²) in [7, 11) is 0. The first-order chi connectivity index (χ1) is 7.63. The van der Waals surface area contributed by atoms with Crippen LogP contribution in [0.2, 0.25) is 0 Å². The Labute approximate surface area is 100 Å². The lowest BCUT2D eigenvalue weighted by Gasteiger charge is -2.10. The van der Waals surface area contributed by atoms with Gasteiger partial charge in [0.05, 0.1) is 26.4 Å². The minimum atomic E-state index is 0.530. The van der Waals surface area contributed by atoms with Crippen LogP contribution in [0.5, 0.6) is 0 Å². The molecule has 0 heterocycles. The van der Waals surface area contributed by atoms with Crippen molar-refractivity contribution in [1.82, 2.24) is 10.6 Å². The molecule has 4 heteroatoms. The summed E-state index contributed by atoms with van der Waals surface area (Å²) < 4.78 is 10.8. The predicted molar refractivity (Wildman–Crippen MR) is 67.9 cm³/mol. The van der Waals surface area contributed by atoms with Crippen molar-refractivity contribution in [2.75, 3.05) is 39.5 Å². The highest BCUT2D eigenvalue weighted by atomic mass is 16.5. The first kappa shape index (κ1) is 15.8. The second-order valence-electron chi connectivity index (χ2n) is 4.44. The Bertz CT molecular complexity index is 125. The van der Waals surface area contributed by atoms with Crippen molar-refractivity contribution in [2.45, 2.75) is 39.8 Å². The maximum atomic E-state index is 5.40. The van der Waals surface area contributed by atoms with E-state index >= 15 is 0 Å². The summed E-state index contributed by atoms with van der Waals surface area (Å²) >= 11 is 0. The van der Waals surface area contributed by atoms with E-state index in [1.165, 1.54) is 0 Å². The molecule has 0 aliphatic heterocycles. The van der Waals surface area contributed by atoms with Crippen LogP contribution in [0.4, 0.5) is 0 Å². The minimum Gasteiger partial charge on any atom is -0.378 e. The first-order valence-electron chi connectivity index (χ1n) is 6.25. The molecule has 98 valence electrons. The van der Waals surface area contributed by atoms with Gasteiger partial charge in [-0.05, 0) is 0 Å². The fraction of sp³-hybridized carbons (Fsp3) is 1.00. The van der Waals surface area contributed by atoms with Crippen LogP contribution in [0.15, 0.2) is 0 Å². The quantitative estimate of drug-likeness (QED) is 0.522. The smallest absolute Gasteiger partial charge is 0.0701 e. The van der Waals surface area contributed by atoms with Crippen LogP contribution >= 0.6 is 0 Å². The van der Waals surface area contributed by atoms with Crippen LogP contribution in [0.25, 0.3) is 0 Å². The standard InChI is InChI=1S/C12H28N2O2/c1-11(2)13-5-7-15-9-10-16-8-6-14-12(3)4/h11-14H,5-10H2,1-4H3. The maximum absolute atomic E-state index is 5.40. The molecular formula is C12H28N2O2. The molecule has 0 saturated carbocycles. The molecule has 4 nitrogen and oxygen atoms in total. The van der Waals surface area contributed by atoms with Gasteiger partial charge in [-0.25, -0.2) is 0 Å². The average molecular weight is 232 g/mol. The van der Waals surface area contributed by atoms with Crippen molar-refractivity contribution in [3.63, 3.8) is 0 Å². The van der Waals surface area contributed by atoms with Gasteiger partial charge < -0.3 is 20.1 Å². The number of ether oxygens (including phenoxy) is 2. The third kappa shape index (κ3) is 13.8. The fourth-order valence-electron chi connectivity index (χ4n) is 1.16. The molecule has 0 bridgehead atoms. The molecule has 0 spiro atoms. The Morgan fingerprint density at radius 3 is 1.38 bits per heavy atom. The molecule has 0 unspecified atom stereocenters. The lowest BCUT2D eigenvalue weighted by Crippen LogP contribution is -2.28. The Morgan fingerprint density at radius 1 is 0.688 bits per heavy atom. The van der Waals surface area contributed by atoms with Gasteiger partial charge in [-0.1, -0.05) is 27.7 Å². The summed E-state index contributed by atoms with van der Waals surface area (Å²) in [6.45, 7) is 13.2. The molecule has 0 aliphatic rings. The Kier molecular flexibility index (Phi) is 11.2. The lowest BCUT2D eigenvalue weighted by molar-refractivity contribution is 0.0491. The summed E-state index contributed by atoms with van der Waals surface area (Å²) in [6, 6.07) is 1.06. The van der Waals surface area contributed by atoms with E-state index in [4.69, 9.17) is 9.47 Å². The molecule has 0 atom stereocenters. The van der Waals surface area contributed by atoms with Gasteiger partial charge in [0.15, 0.2) is 0 Å². The van der Waals surface area contributed by atoms with E-state index in [0.29, 0.717) is 25.3 Å². The van der Waals surface area contributed by atoms with Crippen molar-refractivity contribution < 1.29 is 9.47 Å². The second-order valence-corrected chi connectivity index (χ2v) is 4.44. The molecule has 0 aromatic carbocycles. The minimum absolute atomic E-state index is 0.530. The Morgan fingerprint density at radius 2 is 1.06 bits per heavy atom. The van der Waals surface area contributed by atoms with Crippen LogP contribution in [-0.4, -0.2) is 51.6 Å². The molecule has 0 aromatic rings. The zero-order valence-corrected chi connectivity index (χ0v) is 11.2. The van der Waals surface area contributed by atoms with Crippen LogP contribution in [0.3, 0.4) is 0 Å². The van der Waals surface area contributed by atoms with Gasteiger partial charge in [0.25, 0.3) is 0 Å². The van der Waals surface area contributed by atoms with E-state index < -0.39 is 0 Å². The van der Waals surface area contributed by atoms with Gasteiger partial charge in [0.2, 0.25) is 0 Å². The number of rotatable bonds is 11. The normalized spacial score (nSPS) is 11.6. The second kappa shape index (κ2) is 11.3. The van der Waals surface area contributed by atoms with Crippen LogP contribution in [0.1, 0.15) is 27.7 Å².